The predicted molar refractivity (Wildman–Crippen MR) is 84.6 cm³/mol. The summed E-state index contributed by atoms with van der Waals surface area (Å²) in [6.45, 7) is 4.19. The zero-order chi connectivity index (χ0) is 14.7. The lowest BCUT2D eigenvalue weighted by Gasteiger charge is -2.20. The Labute approximate surface area is 127 Å². The summed E-state index contributed by atoms with van der Waals surface area (Å²) in [6, 6.07) is 8.54. The lowest BCUT2D eigenvalue weighted by atomic mass is 9.97. The first-order chi connectivity index (χ1) is 10.3. The molecule has 1 aromatic carbocycles. The molecule has 1 aliphatic rings. The van der Waals surface area contributed by atoms with Crippen molar-refractivity contribution in [1.82, 2.24) is 9.97 Å². The van der Waals surface area contributed by atoms with E-state index in [1.54, 1.807) is 6.33 Å². The molecule has 0 saturated heterocycles. The molecule has 2 aromatic rings. The van der Waals surface area contributed by atoms with E-state index in [1.807, 2.05) is 6.20 Å². The second kappa shape index (κ2) is 6.69. The number of rotatable bonds is 6. The first-order valence-corrected chi connectivity index (χ1v) is 8.23. The number of aromatic amines is 1. The molecule has 0 spiro atoms. The third-order valence-electron chi connectivity index (χ3n) is 4.06. The van der Waals surface area contributed by atoms with Crippen LogP contribution < -0.4 is 0 Å². The second-order valence-electron chi connectivity index (χ2n) is 5.46. The molecule has 0 saturated carbocycles. The third kappa shape index (κ3) is 3.18. The first kappa shape index (κ1) is 14.7. The van der Waals surface area contributed by atoms with E-state index in [-0.39, 0.29) is 27.2 Å². The predicted octanol–water partition coefficient (Wildman–Crippen LogP) is 3.81. The molecule has 5 heteroatoms. The summed E-state index contributed by atoms with van der Waals surface area (Å²) in [5.41, 5.74) is 3.80. The van der Waals surface area contributed by atoms with Crippen molar-refractivity contribution >= 4 is 9.03 Å². The lowest BCUT2D eigenvalue weighted by Crippen LogP contribution is -2.17. The zero-order valence-electron chi connectivity index (χ0n) is 12.4. The molecule has 0 fully saturated rings. The third-order valence-corrected chi connectivity index (χ3v) is 4.96. The molecular formula is C16H21N2O2P. The zero-order valence-corrected chi connectivity index (χ0v) is 13.4. The van der Waals surface area contributed by atoms with Crippen molar-refractivity contribution < 1.29 is 9.05 Å². The number of hydrogen-bond donors (Lipinski definition) is 1. The molecule has 1 N–H and O–H groups in total. The van der Waals surface area contributed by atoms with Gasteiger partial charge < -0.3 is 14.0 Å². The summed E-state index contributed by atoms with van der Waals surface area (Å²) in [7, 11) is 0.0872. The van der Waals surface area contributed by atoms with Crippen molar-refractivity contribution in [3.8, 4) is 0 Å². The van der Waals surface area contributed by atoms with Crippen LogP contribution in [0.25, 0.3) is 0 Å². The van der Waals surface area contributed by atoms with Gasteiger partial charge in [0.25, 0.3) is 0 Å². The van der Waals surface area contributed by atoms with Crippen molar-refractivity contribution in [3.63, 3.8) is 0 Å². The number of nitrogens with zero attached hydrogens (tertiary/aromatic N) is 1. The van der Waals surface area contributed by atoms with Gasteiger partial charge in [0.2, 0.25) is 0 Å². The molecule has 1 aromatic heterocycles. The van der Waals surface area contributed by atoms with Crippen LogP contribution in [0.2, 0.25) is 0 Å². The lowest BCUT2D eigenvalue weighted by molar-refractivity contribution is 0.158. The Balaban J connectivity index is 1.75. The van der Waals surface area contributed by atoms with E-state index in [0.29, 0.717) is 0 Å². The molecule has 0 radical (unpaired) electrons. The highest BCUT2D eigenvalue weighted by molar-refractivity contribution is 7.26. The van der Waals surface area contributed by atoms with Gasteiger partial charge in [-0.15, -0.1) is 0 Å². The highest BCUT2D eigenvalue weighted by atomic mass is 31.1. The van der Waals surface area contributed by atoms with E-state index < -0.39 is 0 Å². The summed E-state index contributed by atoms with van der Waals surface area (Å²) in [6.07, 6.45) is 5.91. The van der Waals surface area contributed by atoms with Gasteiger partial charge >= 0.3 is 0 Å². The molecule has 21 heavy (non-hydrogen) atoms. The first-order valence-electron chi connectivity index (χ1n) is 7.42. The van der Waals surface area contributed by atoms with Crippen LogP contribution in [0.4, 0.5) is 0 Å². The fourth-order valence-electron chi connectivity index (χ4n) is 2.73. The Bertz CT molecular complexity index is 573. The Morgan fingerprint density at radius 2 is 2.29 bits per heavy atom. The van der Waals surface area contributed by atoms with Crippen molar-refractivity contribution in [2.24, 2.45) is 0 Å². The molecule has 0 amide bonds. The van der Waals surface area contributed by atoms with E-state index in [1.165, 1.54) is 11.1 Å². The topological polar surface area (TPSA) is 47.1 Å². The maximum atomic E-state index is 6.05. The van der Waals surface area contributed by atoms with Gasteiger partial charge in [-0.2, -0.15) is 0 Å². The van der Waals surface area contributed by atoms with Gasteiger partial charge in [-0.1, -0.05) is 31.2 Å². The Kier molecular flexibility index (Phi) is 4.69. The Morgan fingerprint density at radius 1 is 1.43 bits per heavy atom. The van der Waals surface area contributed by atoms with Crippen LogP contribution >= 0.6 is 9.03 Å². The van der Waals surface area contributed by atoms with Crippen molar-refractivity contribution in [2.75, 3.05) is 0 Å². The highest BCUT2D eigenvalue weighted by Gasteiger charge is 2.35. The van der Waals surface area contributed by atoms with Crippen LogP contribution in [-0.4, -0.2) is 22.2 Å². The van der Waals surface area contributed by atoms with Gasteiger partial charge in [0.15, 0.2) is 9.03 Å². The molecule has 3 rings (SSSR count). The number of nitrogens with one attached hydrogen (secondary N) is 1. The normalized spacial score (nSPS) is 22.8. The van der Waals surface area contributed by atoms with Gasteiger partial charge in [-0.3, -0.25) is 0 Å². The van der Waals surface area contributed by atoms with E-state index in [0.717, 1.165) is 18.5 Å². The Morgan fingerprint density at radius 3 is 3.05 bits per heavy atom. The average Bonchev–Trinajstić information content (AvgIpc) is 3.13. The summed E-state index contributed by atoms with van der Waals surface area (Å²) in [5, 5.41) is 0. The minimum Gasteiger partial charge on any atom is -0.348 e. The van der Waals surface area contributed by atoms with Crippen molar-refractivity contribution in [1.29, 1.82) is 0 Å². The van der Waals surface area contributed by atoms with E-state index in [9.17, 15) is 0 Å². The maximum absolute atomic E-state index is 6.05. The maximum Gasteiger partial charge on any atom is 0.155 e. The SMILES string of the molecule is CCC(C)OPOC1Cc2ccccc2C1c1cnc[nH]1. The van der Waals surface area contributed by atoms with Crippen LogP contribution in [0.5, 0.6) is 0 Å². The summed E-state index contributed by atoms with van der Waals surface area (Å²) in [5.74, 6) is 0.219. The van der Waals surface area contributed by atoms with Gasteiger partial charge in [-0.05, 0) is 24.5 Å². The van der Waals surface area contributed by atoms with Crippen LogP contribution in [0.1, 0.15) is 43.0 Å². The number of fused-ring (bicyclic) bond motifs is 1. The largest absolute Gasteiger partial charge is 0.348 e. The number of benzene rings is 1. The molecule has 4 unspecified atom stereocenters. The minimum atomic E-state index is 0.0872. The smallest absolute Gasteiger partial charge is 0.155 e. The van der Waals surface area contributed by atoms with E-state index >= 15 is 0 Å². The number of H-pyrrole nitrogens is 1. The number of hydrogen-bond acceptors (Lipinski definition) is 3. The minimum absolute atomic E-state index is 0.0872. The average molecular weight is 304 g/mol. The highest BCUT2D eigenvalue weighted by Crippen LogP contribution is 2.41. The van der Waals surface area contributed by atoms with Gasteiger partial charge in [-0.25, -0.2) is 4.98 Å². The molecule has 0 aliphatic heterocycles. The molecule has 0 bridgehead atoms. The van der Waals surface area contributed by atoms with Crippen LogP contribution in [-0.2, 0) is 15.5 Å². The molecule has 1 heterocycles. The Hall–Kier alpha value is -1.22. The monoisotopic (exact) mass is 304 g/mol. The quantitative estimate of drug-likeness (QED) is 0.826. The van der Waals surface area contributed by atoms with E-state index in [2.05, 4.69) is 48.1 Å². The summed E-state index contributed by atoms with van der Waals surface area (Å²) >= 11 is 0. The molecule has 112 valence electrons. The second-order valence-corrected chi connectivity index (χ2v) is 6.10. The van der Waals surface area contributed by atoms with Crippen LogP contribution in [0.15, 0.2) is 36.8 Å². The number of imidazole rings is 1. The van der Waals surface area contributed by atoms with Crippen LogP contribution in [0, 0.1) is 0 Å². The van der Waals surface area contributed by atoms with Gasteiger partial charge in [0.1, 0.15) is 0 Å². The fourth-order valence-corrected chi connectivity index (χ4v) is 3.46. The number of aromatic nitrogens is 2. The molecule has 1 aliphatic carbocycles. The fraction of sp³-hybridized carbons (Fsp3) is 0.438. The molecule has 4 atom stereocenters. The van der Waals surface area contributed by atoms with Crippen molar-refractivity contribution in [3.05, 3.63) is 53.6 Å². The summed E-state index contributed by atoms with van der Waals surface area (Å²) in [4.78, 5) is 7.39. The van der Waals surface area contributed by atoms with Crippen molar-refractivity contribution in [2.45, 2.75) is 44.8 Å². The standard InChI is InChI=1S/C16H21N2O2P/c1-3-11(2)19-21-20-15-8-12-6-4-5-7-13(12)16(15)14-9-17-10-18-14/h4-7,9-11,15-16,21H,3,8H2,1-2H3,(H,17,18). The van der Waals surface area contributed by atoms with Gasteiger partial charge in [0.05, 0.1) is 24.5 Å². The van der Waals surface area contributed by atoms with Gasteiger partial charge in [0, 0.05) is 18.3 Å². The van der Waals surface area contributed by atoms with Crippen LogP contribution in [0.3, 0.4) is 0 Å². The molecule has 4 nitrogen and oxygen atoms in total. The summed E-state index contributed by atoms with van der Waals surface area (Å²) < 4.78 is 11.7. The molecular weight excluding hydrogens is 283 g/mol. The van der Waals surface area contributed by atoms with E-state index in [4.69, 9.17) is 9.05 Å².